The smallest absolute Gasteiger partial charge is 0.228 e. The Morgan fingerprint density at radius 2 is 1.90 bits per heavy atom. The monoisotopic (exact) mass is 401 g/mol. The zero-order chi connectivity index (χ0) is 20.7. The Labute approximate surface area is 176 Å². The van der Waals surface area contributed by atoms with E-state index in [2.05, 4.69) is 59.5 Å². The molecule has 4 heterocycles. The maximum Gasteiger partial charge on any atom is 0.228 e. The van der Waals surface area contributed by atoms with Gasteiger partial charge in [-0.1, -0.05) is 26.0 Å². The lowest BCUT2D eigenvalue weighted by atomic mass is 9.96. The van der Waals surface area contributed by atoms with Crippen LogP contribution in [-0.2, 0) is 6.54 Å². The van der Waals surface area contributed by atoms with Crippen LogP contribution >= 0.6 is 0 Å². The molecule has 154 valence electrons. The van der Waals surface area contributed by atoms with Crippen LogP contribution in [0.15, 0.2) is 35.5 Å². The average Bonchev–Trinajstić information content (AvgIpc) is 3.20. The first kappa shape index (κ1) is 18.9. The van der Waals surface area contributed by atoms with Gasteiger partial charge in [0.15, 0.2) is 0 Å². The van der Waals surface area contributed by atoms with Crippen molar-refractivity contribution in [3.05, 3.63) is 47.3 Å². The summed E-state index contributed by atoms with van der Waals surface area (Å²) >= 11 is 0. The second kappa shape index (κ2) is 7.65. The summed E-state index contributed by atoms with van der Waals surface area (Å²) in [6, 6.07) is 8.38. The van der Waals surface area contributed by atoms with Gasteiger partial charge in [0.1, 0.15) is 5.82 Å². The molecule has 1 aromatic carbocycles. The number of hydrogen-bond acceptors (Lipinski definition) is 7. The van der Waals surface area contributed by atoms with Crippen molar-refractivity contribution in [1.82, 2.24) is 20.3 Å². The van der Waals surface area contributed by atoms with Crippen molar-refractivity contribution in [3.8, 4) is 0 Å². The lowest BCUT2D eigenvalue weighted by molar-refractivity contribution is 0.588. The fourth-order valence-corrected chi connectivity index (χ4v) is 4.32. The van der Waals surface area contributed by atoms with Gasteiger partial charge >= 0.3 is 0 Å². The van der Waals surface area contributed by atoms with Crippen LogP contribution in [0.2, 0.25) is 0 Å². The summed E-state index contributed by atoms with van der Waals surface area (Å²) in [7, 11) is 0. The van der Waals surface area contributed by atoms with Crippen molar-refractivity contribution >= 4 is 34.1 Å². The first-order chi connectivity index (χ1) is 14.6. The van der Waals surface area contributed by atoms with Gasteiger partial charge < -0.3 is 15.5 Å². The predicted molar refractivity (Wildman–Crippen MR) is 122 cm³/mol. The number of nitrogens with one attached hydrogen (secondary N) is 2. The van der Waals surface area contributed by atoms with Gasteiger partial charge in [-0.15, -0.1) is 0 Å². The highest BCUT2D eigenvalue weighted by molar-refractivity contribution is 6.13. The van der Waals surface area contributed by atoms with E-state index in [0.717, 1.165) is 60.9 Å². The molecular formula is C23H27N7. The standard InChI is InChI=1S/C23H27N7/c1-14(2)21-20-16(12-25-21)4-5-17-13-26-23(29-22(17)20)28-19-7-6-18(15(3)27-19)30-10-8-24-9-11-30/h4-7,13-14,24H,8-12H2,1-3H3,(H,26,27,28,29). The van der Waals surface area contributed by atoms with Gasteiger partial charge in [-0.05, 0) is 30.5 Å². The molecule has 0 saturated carbocycles. The molecule has 5 rings (SSSR count). The Morgan fingerprint density at radius 1 is 1.07 bits per heavy atom. The Bertz CT molecular complexity index is 1130. The number of rotatable bonds is 4. The lowest BCUT2D eigenvalue weighted by Gasteiger charge is -2.30. The number of anilines is 3. The molecule has 0 amide bonds. The minimum Gasteiger partial charge on any atom is -0.368 e. The Morgan fingerprint density at radius 3 is 2.67 bits per heavy atom. The van der Waals surface area contributed by atoms with E-state index in [1.165, 1.54) is 16.8 Å². The molecule has 3 aromatic rings. The molecule has 1 fully saturated rings. The maximum atomic E-state index is 4.85. The van der Waals surface area contributed by atoms with Crippen molar-refractivity contribution in [2.24, 2.45) is 10.9 Å². The van der Waals surface area contributed by atoms with Crippen molar-refractivity contribution in [2.75, 3.05) is 36.4 Å². The number of aliphatic imine (C=N–C) groups is 1. The highest BCUT2D eigenvalue weighted by Gasteiger charge is 2.22. The fourth-order valence-electron chi connectivity index (χ4n) is 4.32. The maximum absolute atomic E-state index is 4.85. The highest BCUT2D eigenvalue weighted by atomic mass is 15.2. The third kappa shape index (κ3) is 3.39. The number of aryl methyl sites for hydroxylation is 1. The first-order valence-corrected chi connectivity index (χ1v) is 10.6. The highest BCUT2D eigenvalue weighted by Crippen LogP contribution is 2.30. The van der Waals surface area contributed by atoms with E-state index in [4.69, 9.17) is 15.0 Å². The van der Waals surface area contributed by atoms with E-state index in [9.17, 15) is 0 Å². The molecule has 0 unspecified atom stereocenters. The molecule has 7 nitrogen and oxygen atoms in total. The van der Waals surface area contributed by atoms with Crippen LogP contribution in [0, 0.1) is 12.8 Å². The quantitative estimate of drug-likeness (QED) is 0.697. The van der Waals surface area contributed by atoms with Gasteiger partial charge in [-0.2, -0.15) is 0 Å². The van der Waals surface area contributed by atoms with E-state index < -0.39 is 0 Å². The largest absolute Gasteiger partial charge is 0.368 e. The molecule has 30 heavy (non-hydrogen) atoms. The second-order valence-corrected chi connectivity index (χ2v) is 8.25. The molecule has 2 aromatic heterocycles. The van der Waals surface area contributed by atoms with Crippen LogP contribution in [0.4, 0.5) is 17.5 Å². The minimum atomic E-state index is 0.366. The minimum absolute atomic E-state index is 0.366. The molecule has 0 radical (unpaired) electrons. The van der Waals surface area contributed by atoms with Gasteiger partial charge in [0.25, 0.3) is 0 Å². The van der Waals surface area contributed by atoms with Gasteiger partial charge in [-0.3, -0.25) is 4.99 Å². The van der Waals surface area contributed by atoms with E-state index in [-0.39, 0.29) is 0 Å². The van der Waals surface area contributed by atoms with E-state index in [1.54, 1.807) is 0 Å². The summed E-state index contributed by atoms with van der Waals surface area (Å²) in [5, 5.41) is 7.72. The molecule has 1 saturated heterocycles. The van der Waals surface area contributed by atoms with Crippen molar-refractivity contribution < 1.29 is 0 Å². The topological polar surface area (TPSA) is 78.3 Å². The number of piperazine rings is 1. The van der Waals surface area contributed by atoms with E-state index >= 15 is 0 Å². The van der Waals surface area contributed by atoms with Crippen molar-refractivity contribution in [3.63, 3.8) is 0 Å². The third-order valence-corrected chi connectivity index (χ3v) is 5.82. The number of aromatic nitrogens is 3. The Kier molecular flexibility index (Phi) is 4.83. The third-order valence-electron chi connectivity index (χ3n) is 5.82. The molecule has 0 bridgehead atoms. The zero-order valence-corrected chi connectivity index (χ0v) is 17.7. The summed E-state index contributed by atoms with van der Waals surface area (Å²) in [5.74, 6) is 1.69. The fraction of sp³-hybridized carbons (Fsp3) is 0.391. The molecule has 0 spiro atoms. The summed E-state index contributed by atoms with van der Waals surface area (Å²) in [5.41, 5.74) is 6.71. The molecule has 0 aliphatic carbocycles. The number of hydrogen-bond donors (Lipinski definition) is 2. The number of benzene rings is 1. The van der Waals surface area contributed by atoms with Gasteiger partial charge in [-0.25, -0.2) is 15.0 Å². The Hall–Kier alpha value is -3.06. The second-order valence-electron chi connectivity index (χ2n) is 8.25. The van der Waals surface area contributed by atoms with Crippen LogP contribution in [0.1, 0.15) is 30.7 Å². The molecule has 2 aliphatic rings. The average molecular weight is 402 g/mol. The molecule has 2 N–H and O–H groups in total. The van der Waals surface area contributed by atoms with Crippen LogP contribution in [-0.4, -0.2) is 46.8 Å². The zero-order valence-electron chi connectivity index (χ0n) is 17.7. The SMILES string of the molecule is Cc1nc(Nc2ncc3ccc4c(c3n2)C(C(C)C)=NC4)ccc1N1CCNCC1. The van der Waals surface area contributed by atoms with E-state index in [0.29, 0.717) is 11.9 Å². The van der Waals surface area contributed by atoms with Crippen LogP contribution in [0.25, 0.3) is 10.9 Å². The summed E-state index contributed by atoms with van der Waals surface area (Å²) in [6.45, 7) is 11.2. The number of nitrogens with zero attached hydrogens (tertiary/aromatic N) is 5. The van der Waals surface area contributed by atoms with Crippen LogP contribution < -0.4 is 15.5 Å². The normalized spacial score (nSPS) is 16.1. The van der Waals surface area contributed by atoms with Gasteiger partial charge in [0.05, 0.1) is 23.4 Å². The predicted octanol–water partition coefficient (Wildman–Crippen LogP) is 3.45. The van der Waals surface area contributed by atoms with E-state index in [1.807, 2.05) is 12.3 Å². The van der Waals surface area contributed by atoms with Crippen LogP contribution in [0.3, 0.4) is 0 Å². The molecule has 7 heteroatoms. The molecule has 0 atom stereocenters. The first-order valence-electron chi connectivity index (χ1n) is 10.6. The summed E-state index contributed by atoms with van der Waals surface area (Å²) in [6.07, 6.45) is 1.88. The Balaban J connectivity index is 1.45. The summed E-state index contributed by atoms with van der Waals surface area (Å²) in [4.78, 5) is 21.3. The van der Waals surface area contributed by atoms with Crippen molar-refractivity contribution in [1.29, 1.82) is 0 Å². The lowest BCUT2D eigenvalue weighted by Crippen LogP contribution is -2.43. The van der Waals surface area contributed by atoms with Gasteiger partial charge in [0, 0.05) is 49.0 Å². The number of fused-ring (bicyclic) bond motifs is 3. The summed E-state index contributed by atoms with van der Waals surface area (Å²) < 4.78 is 0. The molecule has 2 aliphatic heterocycles. The van der Waals surface area contributed by atoms with Crippen LogP contribution in [0.5, 0.6) is 0 Å². The van der Waals surface area contributed by atoms with Crippen molar-refractivity contribution in [2.45, 2.75) is 27.3 Å². The number of pyridine rings is 1. The van der Waals surface area contributed by atoms with Gasteiger partial charge in [0.2, 0.25) is 5.95 Å². The molecular weight excluding hydrogens is 374 g/mol.